The van der Waals surface area contributed by atoms with Gasteiger partial charge in [-0.15, -0.1) is 0 Å². The van der Waals surface area contributed by atoms with Crippen LogP contribution in [-0.4, -0.2) is 15.7 Å². The van der Waals surface area contributed by atoms with Crippen molar-refractivity contribution in [3.05, 3.63) is 62.6 Å². The summed E-state index contributed by atoms with van der Waals surface area (Å²) in [7, 11) is 1.46. The first-order chi connectivity index (χ1) is 11.3. The summed E-state index contributed by atoms with van der Waals surface area (Å²) in [6.07, 6.45) is 0.387. The Morgan fingerprint density at radius 2 is 2.00 bits per heavy atom. The lowest BCUT2D eigenvalue weighted by molar-refractivity contribution is 0.0931. The molecule has 0 fully saturated rings. The van der Waals surface area contributed by atoms with Crippen LogP contribution >= 0.6 is 0 Å². The van der Waals surface area contributed by atoms with E-state index in [1.807, 2.05) is 0 Å². The summed E-state index contributed by atoms with van der Waals surface area (Å²) in [5, 5.41) is 6.67. The zero-order valence-corrected chi connectivity index (χ0v) is 14.0. The van der Waals surface area contributed by atoms with Crippen molar-refractivity contribution >= 4 is 5.91 Å². The predicted molar refractivity (Wildman–Crippen MR) is 85.8 cm³/mol. The number of hydrogen-bond donors (Lipinski definition) is 1. The molecule has 2 aromatic rings. The van der Waals surface area contributed by atoms with Gasteiger partial charge >= 0.3 is 0 Å². The van der Waals surface area contributed by atoms with E-state index >= 15 is 0 Å². The highest BCUT2D eigenvalue weighted by molar-refractivity contribution is 5.95. The molecule has 0 bridgehead atoms. The van der Waals surface area contributed by atoms with Gasteiger partial charge < -0.3 is 5.32 Å². The second-order valence-electron chi connectivity index (χ2n) is 5.61. The molecule has 0 spiro atoms. The zero-order chi connectivity index (χ0) is 18.0. The summed E-state index contributed by atoms with van der Waals surface area (Å²) >= 11 is 0. The normalized spacial score (nSPS) is 12.1. The Balaban J connectivity index is 2.39. The monoisotopic (exact) mass is 335 g/mol. The van der Waals surface area contributed by atoms with Crippen molar-refractivity contribution in [2.75, 3.05) is 0 Å². The van der Waals surface area contributed by atoms with Gasteiger partial charge in [-0.05, 0) is 31.9 Å². The van der Waals surface area contributed by atoms with Crippen molar-refractivity contribution in [2.45, 2.75) is 33.2 Å². The number of carbonyl (C=O) groups is 1. The minimum atomic E-state index is -0.738. The maximum Gasteiger partial charge on any atom is 0.279 e. The predicted octanol–water partition coefficient (Wildman–Crippen LogP) is 2.56. The third-order valence-electron chi connectivity index (χ3n) is 4.00. The number of carbonyl (C=O) groups excluding carboxylic acids is 1. The van der Waals surface area contributed by atoms with Gasteiger partial charge in [0.05, 0.1) is 11.7 Å². The number of rotatable bonds is 4. The van der Waals surface area contributed by atoms with Crippen LogP contribution in [0.2, 0.25) is 0 Å². The van der Waals surface area contributed by atoms with E-state index in [4.69, 9.17) is 0 Å². The molecule has 0 aliphatic rings. The summed E-state index contributed by atoms with van der Waals surface area (Å²) in [4.78, 5) is 24.8. The fourth-order valence-corrected chi connectivity index (χ4v) is 2.53. The molecule has 1 amide bonds. The number of benzene rings is 1. The number of aromatic nitrogens is 2. The summed E-state index contributed by atoms with van der Waals surface area (Å²) in [6, 6.07) is 2.52. The standard InChI is InChI=1S/C17H19F2N3O2/c1-5-14(12-7-6-11(18)8-13(12)19)20-16(23)15-9(2)10(3)21-22(4)17(15)24/h6-8,14H,5H2,1-4H3,(H,20,23)/t14-/m0/s1. The topological polar surface area (TPSA) is 64.0 Å². The van der Waals surface area contributed by atoms with E-state index in [0.717, 1.165) is 16.8 Å². The first kappa shape index (κ1) is 17.8. The molecular formula is C17H19F2N3O2. The Morgan fingerprint density at radius 3 is 2.58 bits per heavy atom. The van der Waals surface area contributed by atoms with Crippen LogP contribution in [0.4, 0.5) is 8.78 Å². The molecule has 2 rings (SSSR count). The number of nitrogens with zero attached hydrogens (tertiary/aromatic N) is 2. The molecule has 5 nitrogen and oxygen atoms in total. The van der Waals surface area contributed by atoms with Gasteiger partial charge in [0.25, 0.3) is 11.5 Å². The molecular weight excluding hydrogens is 316 g/mol. The van der Waals surface area contributed by atoms with Gasteiger partial charge in [-0.1, -0.05) is 13.0 Å². The van der Waals surface area contributed by atoms with Gasteiger partial charge in [-0.3, -0.25) is 9.59 Å². The van der Waals surface area contributed by atoms with E-state index < -0.39 is 29.1 Å². The number of aryl methyl sites for hydroxylation is 2. The van der Waals surface area contributed by atoms with Crippen LogP contribution in [0.25, 0.3) is 0 Å². The third-order valence-corrected chi connectivity index (χ3v) is 4.00. The highest BCUT2D eigenvalue weighted by Gasteiger charge is 2.22. The van der Waals surface area contributed by atoms with Crippen molar-refractivity contribution in [1.29, 1.82) is 0 Å². The van der Waals surface area contributed by atoms with Crippen molar-refractivity contribution in [1.82, 2.24) is 15.1 Å². The SMILES string of the molecule is CC[C@H](NC(=O)c1c(C)c(C)nn(C)c1=O)c1ccc(F)cc1F. The molecule has 0 unspecified atom stereocenters. The Kier molecular flexibility index (Phi) is 5.11. The molecule has 0 saturated carbocycles. The molecule has 128 valence electrons. The zero-order valence-electron chi connectivity index (χ0n) is 14.0. The van der Waals surface area contributed by atoms with E-state index in [1.165, 1.54) is 13.1 Å². The van der Waals surface area contributed by atoms with Crippen molar-refractivity contribution in [2.24, 2.45) is 7.05 Å². The number of halogens is 2. The van der Waals surface area contributed by atoms with Crippen LogP contribution in [-0.2, 0) is 7.05 Å². The molecule has 1 heterocycles. The van der Waals surface area contributed by atoms with Crippen LogP contribution in [0.15, 0.2) is 23.0 Å². The van der Waals surface area contributed by atoms with Crippen LogP contribution < -0.4 is 10.9 Å². The summed E-state index contributed by atoms with van der Waals surface area (Å²) in [6.45, 7) is 5.09. The van der Waals surface area contributed by atoms with E-state index in [9.17, 15) is 18.4 Å². The van der Waals surface area contributed by atoms with E-state index in [1.54, 1.807) is 20.8 Å². The molecule has 1 atom stereocenters. The highest BCUT2D eigenvalue weighted by Crippen LogP contribution is 2.21. The fourth-order valence-electron chi connectivity index (χ4n) is 2.53. The summed E-state index contributed by atoms with van der Waals surface area (Å²) in [5.74, 6) is -2.03. The van der Waals surface area contributed by atoms with Crippen molar-refractivity contribution < 1.29 is 13.6 Å². The van der Waals surface area contributed by atoms with Crippen LogP contribution in [0, 0.1) is 25.5 Å². The van der Waals surface area contributed by atoms with Gasteiger partial charge in [0, 0.05) is 18.7 Å². The third kappa shape index (κ3) is 3.34. The first-order valence-electron chi connectivity index (χ1n) is 7.56. The largest absolute Gasteiger partial charge is 0.345 e. The lowest BCUT2D eigenvalue weighted by Gasteiger charge is -2.19. The fraction of sp³-hybridized carbons (Fsp3) is 0.353. The van der Waals surface area contributed by atoms with Crippen molar-refractivity contribution in [3.63, 3.8) is 0 Å². The Labute approximate surface area is 138 Å². The Hall–Kier alpha value is -2.57. The molecule has 1 N–H and O–H groups in total. The lowest BCUT2D eigenvalue weighted by Crippen LogP contribution is -2.37. The summed E-state index contributed by atoms with van der Waals surface area (Å²) < 4.78 is 28.1. The second kappa shape index (κ2) is 6.90. The second-order valence-corrected chi connectivity index (χ2v) is 5.61. The van der Waals surface area contributed by atoms with E-state index in [2.05, 4.69) is 10.4 Å². The smallest absolute Gasteiger partial charge is 0.279 e. The van der Waals surface area contributed by atoms with Gasteiger partial charge in [-0.25, -0.2) is 13.5 Å². The maximum atomic E-state index is 14.0. The Bertz CT molecular complexity index is 846. The van der Waals surface area contributed by atoms with Crippen molar-refractivity contribution in [3.8, 4) is 0 Å². The average Bonchev–Trinajstić information content (AvgIpc) is 2.51. The molecule has 1 aromatic heterocycles. The minimum absolute atomic E-state index is 0.0223. The molecule has 0 aliphatic heterocycles. The molecule has 0 aliphatic carbocycles. The lowest BCUT2D eigenvalue weighted by atomic mass is 10.0. The van der Waals surface area contributed by atoms with Gasteiger partial charge in [0.15, 0.2) is 0 Å². The number of nitrogens with one attached hydrogen (secondary N) is 1. The van der Waals surface area contributed by atoms with Crippen LogP contribution in [0.1, 0.15) is 46.6 Å². The molecule has 0 radical (unpaired) electrons. The molecule has 0 saturated heterocycles. The van der Waals surface area contributed by atoms with E-state index in [0.29, 0.717) is 17.7 Å². The average molecular weight is 335 g/mol. The minimum Gasteiger partial charge on any atom is -0.345 e. The highest BCUT2D eigenvalue weighted by atomic mass is 19.1. The van der Waals surface area contributed by atoms with E-state index in [-0.39, 0.29) is 11.1 Å². The van der Waals surface area contributed by atoms with Gasteiger partial charge in [0.2, 0.25) is 0 Å². The van der Waals surface area contributed by atoms with Gasteiger partial charge in [0.1, 0.15) is 17.2 Å². The quantitative estimate of drug-likeness (QED) is 0.934. The Morgan fingerprint density at radius 1 is 1.33 bits per heavy atom. The number of hydrogen-bond acceptors (Lipinski definition) is 3. The van der Waals surface area contributed by atoms with Gasteiger partial charge in [-0.2, -0.15) is 5.10 Å². The summed E-state index contributed by atoms with van der Waals surface area (Å²) in [5.41, 5.74) is 0.664. The molecule has 24 heavy (non-hydrogen) atoms. The first-order valence-corrected chi connectivity index (χ1v) is 7.56. The molecule has 7 heteroatoms. The molecule has 1 aromatic carbocycles. The van der Waals surface area contributed by atoms with Crippen LogP contribution in [0.5, 0.6) is 0 Å². The number of amides is 1. The maximum absolute atomic E-state index is 14.0. The van der Waals surface area contributed by atoms with Crippen LogP contribution in [0.3, 0.4) is 0 Å².